The smallest absolute Gasteiger partial charge is 0.272 e. The fourth-order valence-corrected chi connectivity index (χ4v) is 4.21. The Labute approximate surface area is 188 Å². The molecular formula is C25H31FN4O2. The molecule has 170 valence electrons. The Morgan fingerprint density at radius 2 is 1.88 bits per heavy atom. The number of hydrogen-bond acceptors (Lipinski definition) is 4. The molecule has 4 rings (SSSR count). The highest BCUT2D eigenvalue weighted by molar-refractivity contribution is 6.05. The van der Waals surface area contributed by atoms with Crippen molar-refractivity contribution in [1.29, 1.82) is 0 Å². The molecule has 3 aromatic rings. The van der Waals surface area contributed by atoms with Gasteiger partial charge in [0.15, 0.2) is 5.69 Å². The molecule has 1 aliphatic rings. The van der Waals surface area contributed by atoms with Gasteiger partial charge in [0.25, 0.3) is 5.91 Å². The first-order valence-electron chi connectivity index (χ1n) is 11.4. The monoisotopic (exact) mass is 438 g/mol. The molecule has 0 bridgehead atoms. The van der Waals surface area contributed by atoms with Crippen molar-refractivity contribution in [3.63, 3.8) is 0 Å². The van der Waals surface area contributed by atoms with Crippen LogP contribution >= 0.6 is 0 Å². The first-order chi connectivity index (χ1) is 15.5. The number of benzene rings is 2. The summed E-state index contributed by atoms with van der Waals surface area (Å²) < 4.78 is 20.5. The maximum Gasteiger partial charge on any atom is 0.272 e. The Balaban J connectivity index is 1.23. The van der Waals surface area contributed by atoms with Crippen LogP contribution in [0.1, 0.15) is 49.6 Å². The first kappa shape index (κ1) is 22.3. The molecule has 2 aromatic carbocycles. The average Bonchev–Trinajstić information content (AvgIpc) is 3.19. The summed E-state index contributed by atoms with van der Waals surface area (Å²) in [7, 11) is 0. The van der Waals surface area contributed by atoms with Crippen LogP contribution in [0.15, 0.2) is 48.5 Å². The number of carbonyl (C=O) groups is 1. The lowest BCUT2D eigenvalue weighted by molar-refractivity contribution is 0.0905. The van der Waals surface area contributed by atoms with E-state index >= 15 is 0 Å². The molecule has 0 spiro atoms. The molecule has 2 heterocycles. The van der Waals surface area contributed by atoms with E-state index in [1.165, 1.54) is 12.1 Å². The molecule has 0 atom stereocenters. The van der Waals surface area contributed by atoms with E-state index in [1.54, 1.807) is 12.1 Å². The summed E-state index contributed by atoms with van der Waals surface area (Å²) in [6, 6.07) is 14.4. The van der Waals surface area contributed by atoms with E-state index in [0.717, 1.165) is 49.8 Å². The third-order valence-electron chi connectivity index (χ3n) is 5.94. The number of para-hydroxylation sites is 1. The third-order valence-corrected chi connectivity index (χ3v) is 5.94. The number of piperidine rings is 1. The van der Waals surface area contributed by atoms with E-state index in [1.807, 2.05) is 28.9 Å². The molecule has 6 nitrogen and oxygen atoms in total. The largest absolute Gasteiger partial charge is 0.494 e. The van der Waals surface area contributed by atoms with Gasteiger partial charge in [0.05, 0.1) is 12.1 Å². The Morgan fingerprint density at radius 1 is 1.16 bits per heavy atom. The summed E-state index contributed by atoms with van der Waals surface area (Å²) in [5.74, 6) is 0.348. The molecule has 7 heteroatoms. The summed E-state index contributed by atoms with van der Waals surface area (Å²) in [4.78, 5) is 15.4. The van der Waals surface area contributed by atoms with Crippen LogP contribution in [0.5, 0.6) is 5.75 Å². The van der Waals surface area contributed by atoms with Crippen molar-refractivity contribution in [2.24, 2.45) is 0 Å². The summed E-state index contributed by atoms with van der Waals surface area (Å²) in [6.45, 7) is 7.59. The summed E-state index contributed by atoms with van der Waals surface area (Å²) in [5, 5.41) is 8.71. The molecular weight excluding hydrogens is 407 g/mol. The van der Waals surface area contributed by atoms with Crippen LogP contribution in [0.25, 0.3) is 10.9 Å². The van der Waals surface area contributed by atoms with Crippen molar-refractivity contribution >= 4 is 16.8 Å². The lowest BCUT2D eigenvalue weighted by Gasteiger charge is -2.32. The number of fused-ring (bicyclic) bond motifs is 1. The standard InChI is InChI=1S/C25H31FN4O2/c1-18(2)30-23-7-4-3-6-22(23)24(28-30)25(31)27-20-12-15-29(16-13-20)14-5-17-32-21-10-8-19(26)9-11-21/h3-4,6-11,18,20H,5,12-17H2,1-2H3,(H,27,31). The van der Waals surface area contributed by atoms with E-state index in [-0.39, 0.29) is 23.8 Å². The number of nitrogens with zero attached hydrogens (tertiary/aromatic N) is 3. The van der Waals surface area contributed by atoms with E-state index in [9.17, 15) is 9.18 Å². The summed E-state index contributed by atoms with van der Waals surface area (Å²) in [5.41, 5.74) is 1.50. The topological polar surface area (TPSA) is 59.4 Å². The molecule has 32 heavy (non-hydrogen) atoms. The zero-order valence-corrected chi connectivity index (χ0v) is 18.8. The number of hydrogen-bond donors (Lipinski definition) is 1. The van der Waals surface area contributed by atoms with Crippen LogP contribution in [0, 0.1) is 5.82 Å². The molecule has 1 saturated heterocycles. The highest BCUT2D eigenvalue weighted by Crippen LogP contribution is 2.22. The Hall–Kier alpha value is -2.93. The number of halogens is 1. The van der Waals surface area contributed by atoms with Gasteiger partial charge in [0.1, 0.15) is 11.6 Å². The predicted molar refractivity (Wildman–Crippen MR) is 124 cm³/mol. The highest BCUT2D eigenvalue weighted by atomic mass is 19.1. The van der Waals surface area contributed by atoms with Gasteiger partial charge >= 0.3 is 0 Å². The number of nitrogens with one attached hydrogen (secondary N) is 1. The number of amides is 1. The third kappa shape index (κ3) is 5.27. The second-order valence-corrected chi connectivity index (χ2v) is 8.65. The quantitative estimate of drug-likeness (QED) is 0.529. The fourth-order valence-electron chi connectivity index (χ4n) is 4.21. The van der Waals surface area contributed by atoms with Gasteiger partial charge in [-0.3, -0.25) is 9.48 Å². The van der Waals surface area contributed by atoms with Crippen LogP contribution in [-0.4, -0.2) is 52.9 Å². The van der Waals surface area contributed by atoms with Gasteiger partial charge in [-0.15, -0.1) is 0 Å². The van der Waals surface area contributed by atoms with Gasteiger partial charge < -0.3 is 15.0 Å². The van der Waals surface area contributed by atoms with Crippen LogP contribution in [0.3, 0.4) is 0 Å². The minimum Gasteiger partial charge on any atom is -0.494 e. The zero-order chi connectivity index (χ0) is 22.5. The Morgan fingerprint density at radius 3 is 2.59 bits per heavy atom. The Bertz CT molecular complexity index is 1040. The second-order valence-electron chi connectivity index (χ2n) is 8.65. The van der Waals surface area contributed by atoms with Crippen LogP contribution in [0.4, 0.5) is 4.39 Å². The fraction of sp³-hybridized carbons (Fsp3) is 0.440. The van der Waals surface area contributed by atoms with Crippen molar-refractivity contribution in [1.82, 2.24) is 20.0 Å². The van der Waals surface area contributed by atoms with Crippen molar-refractivity contribution in [3.05, 3.63) is 60.0 Å². The SMILES string of the molecule is CC(C)n1nc(C(=O)NC2CCN(CCCOc3ccc(F)cc3)CC2)c2ccccc21. The number of aromatic nitrogens is 2. The van der Waals surface area contributed by atoms with Gasteiger partial charge in [-0.05, 0) is 63.4 Å². The maximum atomic E-state index is 13.0. The van der Waals surface area contributed by atoms with Gasteiger partial charge in [-0.25, -0.2) is 4.39 Å². The van der Waals surface area contributed by atoms with E-state index < -0.39 is 0 Å². The molecule has 0 unspecified atom stereocenters. The van der Waals surface area contributed by atoms with Gasteiger partial charge in [0.2, 0.25) is 0 Å². The van der Waals surface area contributed by atoms with Crippen LogP contribution in [-0.2, 0) is 0 Å². The lowest BCUT2D eigenvalue weighted by atomic mass is 10.0. The summed E-state index contributed by atoms with van der Waals surface area (Å²) in [6.07, 6.45) is 2.76. The van der Waals surface area contributed by atoms with E-state index in [4.69, 9.17) is 4.74 Å². The first-order valence-corrected chi connectivity index (χ1v) is 11.4. The molecule has 1 aromatic heterocycles. The van der Waals surface area contributed by atoms with Gasteiger partial charge in [-0.2, -0.15) is 5.10 Å². The van der Waals surface area contributed by atoms with E-state index in [0.29, 0.717) is 18.1 Å². The lowest BCUT2D eigenvalue weighted by Crippen LogP contribution is -2.45. The minimum atomic E-state index is -0.256. The normalized spacial score (nSPS) is 15.4. The summed E-state index contributed by atoms with van der Waals surface area (Å²) >= 11 is 0. The van der Waals surface area contributed by atoms with Crippen molar-refractivity contribution in [2.75, 3.05) is 26.2 Å². The second kappa shape index (κ2) is 10.1. The van der Waals surface area contributed by atoms with Crippen molar-refractivity contribution in [3.8, 4) is 5.75 Å². The van der Waals surface area contributed by atoms with Gasteiger partial charge in [-0.1, -0.05) is 18.2 Å². The molecule has 0 saturated carbocycles. The zero-order valence-electron chi connectivity index (χ0n) is 18.8. The predicted octanol–water partition coefficient (Wildman–Crippen LogP) is 4.42. The minimum absolute atomic E-state index is 0.0910. The highest BCUT2D eigenvalue weighted by Gasteiger charge is 2.24. The molecule has 1 N–H and O–H groups in total. The number of likely N-dealkylation sites (tertiary alicyclic amines) is 1. The Kier molecular flexibility index (Phi) is 7.05. The number of rotatable bonds is 8. The number of ether oxygens (including phenoxy) is 1. The van der Waals surface area contributed by atoms with Crippen molar-refractivity contribution in [2.45, 2.75) is 45.2 Å². The van der Waals surface area contributed by atoms with Crippen LogP contribution in [0.2, 0.25) is 0 Å². The van der Waals surface area contributed by atoms with E-state index in [2.05, 4.69) is 29.2 Å². The number of carbonyl (C=O) groups excluding carboxylic acids is 1. The maximum absolute atomic E-state index is 13.0. The molecule has 1 fully saturated rings. The van der Waals surface area contributed by atoms with Crippen molar-refractivity contribution < 1.29 is 13.9 Å². The van der Waals surface area contributed by atoms with Crippen LogP contribution < -0.4 is 10.1 Å². The average molecular weight is 439 g/mol. The molecule has 1 amide bonds. The molecule has 0 radical (unpaired) electrons. The molecule has 1 aliphatic heterocycles. The molecule has 0 aliphatic carbocycles. The van der Waals surface area contributed by atoms with Gasteiger partial charge in [0, 0.05) is 37.1 Å².